The zero-order valence-corrected chi connectivity index (χ0v) is 15.5. The predicted octanol–water partition coefficient (Wildman–Crippen LogP) is 2.12. The summed E-state index contributed by atoms with van der Waals surface area (Å²) in [6, 6.07) is 13.5. The number of amides is 2. The third-order valence-electron chi connectivity index (χ3n) is 3.67. The van der Waals surface area contributed by atoms with Crippen molar-refractivity contribution in [3.63, 3.8) is 0 Å². The molecule has 0 spiro atoms. The van der Waals surface area contributed by atoms with Gasteiger partial charge in [-0.2, -0.15) is 0 Å². The number of nitrogens with one attached hydrogen (secondary N) is 1. The molecule has 0 heterocycles. The van der Waals surface area contributed by atoms with Crippen LogP contribution < -0.4 is 10.1 Å². The zero-order chi connectivity index (χ0) is 19.8. The Morgan fingerprint density at radius 3 is 2.37 bits per heavy atom. The van der Waals surface area contributed by atoms with Gasteiger partial charge in [0.25, 0.3) is 11.8 Å². The molecule has 0 aromatic heterocycles. The Morgan fingerprint density at radius 1 is 1.04 bits per heavy atom. The molecule has 0 fully saturated rings. The standard InChI is InChI=1S/C20H22N2O5/c1-22(2)20(25)15-7-9-16(10-8-15)21-18(23)13-27-19(24)12-14-5-4-6-17(11-14)26-3/h4-11H,12-13H2,1-3H3,(H,21,23). The highest BCUT2D eigenvalue weighted by Gasteiger charge is 2.11. The van der Waals surface area contributed by atoms with Gasteiger partial charge in [0, 0.05) is 25.3 Å². The molecule has 0 radical (unpaired) electrons. The number of anilines is 1. The normalized spacial score (nSPS) is 10.0. The monoisotopic (exact) mass is 370 g/mol. The van der Waals surface area contributed by atoms with Crippen LogP contribution in [0.4, 0.5) is 5.69 Å². The molecule has 0 atom stereocenters. The van der Waals surface area contributed by atoms with E-state index in [4.69, 9.17) is 9.47 Å². The van der Waals surface area contributed by atoms with E-state index in [1.165, 1.54) is 4.90 Å². The van der Waals surface area contributed by atoms with E-state index in [1.54, 1.807) is 69.7 Å². The van der Waals surface area contributed by atoms with Gasteiger partial charge in [0.05, 0.1) is 13.5 Å². The summed E-state index contributed by atoms with van der Waals surface area (Å²) in [6.07, 6.45) is 0.0474. The first-order chi connectivity index (χ1) is 12.9. The van der Waals surface area contributed by atoms with Crippen molar-refractivity contribution < 1.29 is 23.9 Å². The van der Waals surface area contributed by atoms with Crippen LogP contribution in [0.25, 0.3) is 0 Å². The summed E-state index contributed by atoms with van der Waals surface area (Å²) in [5.74, 6) is -0.445. The molecule has 142 valence electrons. The van der Waals surface area contributed by atoms with Crippen molar-refractivity contribution in [2.75, 3.05) is 33.1 Å². The van der Waals surface area contributed by atoms with Crippen molar-refractivity contribution in [3.05, 3.63) is 59.7 Å². The summed E-state index contributed by atoms with van der Waals surface area (Å²) in [6.45, 7) is -0.388. The Morgan fingerprint density at radius 2 is 1.74 bits per heavy atom. The van der Waals surface area contributed by atoms with Crippen LogP contribution in [0, 0.1) is 0 Å². The molecule has 0 unspecified atom stereocenters. The van der Waals surface area contributed by atoms with Crippen molar-refractivity contribution >= 4 is 23.5 Å². The Kier molecular flexibility index (Phi) is 6.93. The molecular formula is C20H22N2O5. The number of benzene rings is 2. The van der Waals surface area contributed by atoms with E-state index in [1.807, 2.05) is 0 Å². The van der Waals surface area contributed by atoms with Gasteiger partial charge < -0.3 is 19.7 Å². The molecule has 2 amide bonds. The number of esters is 1. The molecule has 0 saturated heterocycles. The van der Waals surface area contributed by atoms with Crippen LogP contribution in [0.1, 0.15) is 15.9 Å². The molecule has 7 heteroatoms. The van der Waals surface area contributed by atoms with E-state index in [0.29, 0.717) is 17.0 Å². The molecule has 27 heavy (non-hydrogen) atoms. The number of carbonyl (C=O) groups excluding carboxylic acids is 3. The smallest absolute Gasteiger partial charge is 0.310 e. The summed E-state index contributed by atoms with van der Waals surface area (Å²) in [7, 11) is 4.88. The third-order valence-corrected chi connectivity index (χ3v) is 3.67. The van der Waals surface area contributed by atoms with Gasteiger partial charge in [-0.05, 0) is 42.0 Å². The van der Waals surface area contributed by atoms with E-state index in [0.717, 1.165) is 5.56 Å². The first kappa shape index (κ1) is 20.0. The fourth-order valence-corrected chi connectivity index (χ4v) is 2.30. The molecule has 0 saturated carbocycles. The van der Waals surface area contributed by atoms with Gasteiger partial charge in [-0.15, -0.1) is 0 Å². The molecule has 0 aliphatic heterocycles. The second-order valence-corrected chi connectivity index (χ2v) is 6.01. The van der Waals surface area contributed by atoms with E-state index in [2.05, 4.69) is 5.32 Å². The first-order valence-corrected chi connectivity index (χ1v) is 8.29. The van der Waals surface area contributed by atoms with Crippen molar-refractivity contribution in [1.29, 1.82) is 0 Å². The SMILES string of the molecule is COc1cccc(CC(=O)OCC(=O)Nc2ccc(C(=O)N(C)C)cc2)c1. The van der Waals surface area contributed by atoms with Gasteiger partial charge >= 0.3 is 5.97 Å². The Bertz CT molecular complexity index is 815. The van der Waals surface area contributed by atoms with Crippen molar-refractivity contribution in [2.24, 2.45) is 0 Å². The van der Waals surface area contributed by atoms with E-state index in [9.17, 15) is 14.4 Å². The summed E-state index contributed by atoms with van der Waals surface area (Å²) in [5, 5.41) is 2.61. The summed E-state index contributed by atoms with van der Waals surface area (Å²) >= 11 is 0. The quantitative estimate of drug-likeness (QED) is 0.755. The van der Waals surface area contributed by atoms with Crippen LogP contribution in [0.3, 0.4) is 0 Å². The zero-order valence-electron chi connectivity index (χ0n) is 15.5. The second kappa shape index (κ2) is 9.38. The lowest BCUT2D eigenvalue weighted by molar-refractivity contribution is -0.146. The highest BCUT2D eigenvalue weighted by molar-refractivity contribution is 5.96. The molecule has 2 rings (SSSR count). The largest absolute Gasteiger partial charge is 0.497 e. The molecule has 2 aromatic carbocycles. The molecule has 7 nitrogen and oxygen atoms in total. The topological polar surface area (TPSA) is 84.9 Å². The van der Waals surface area contributed by atoms with Crippen LogP contribution in [0.15, 0.2) is 48.5 Å². The third kappa shape index (κ3) is 6.14. The highest BCUT2D eigenvalue weighted by atomic mass is 16.5. The molecule has 1 N–H and O–H groups in total. The fraction of sp³-hybridized carbons (Fsp3) is 0.250. The van der Waals surface area contributed by atoms with Gasteiger partial charge in [0.15, 0.2) is 6.61 Å². The number of hydrogen-bond donors (Lipinski definition) is 1. The molecule has 2 aromatic rings. The summed E-state index contributed by atoms with van der Waals surface area (Å²) in [4.78, 5) is 37.1. The van der Waals surface area contributed by atoms with Crippen LogP contribution in [-0.4, -0.2) is 50.5 Å². The maximum atomic E-state index is 11.9. The lowest BCUT2D eigenvalue weighted by atomic mass is 10.1. The van der Waals surface area contributed by atoms with Gasteiger partial charge in [-0.3, -0.25) is 14.4 Å². The highest BCUT2D eigenvalue weighted by Crippen LogP contribution is 2.13. The maximum absolute atomic E-state index is 11.9. The van der Waals surface area contributed by atoms with E-state index < -0.39 is 11.9 Å². The minimum absolute atomic E-state index is 0.0474. The number of hydrogen-bond acceptors (Lipinski definition) is 5. The summed E-state index contributed by atoms with van der Waals surface area (Å²) < 4.78 is 10.1. The van der Waals surface area contributed by atoms with Crippen LogP contribution in [0.2, 0.25) is 0 Å². The minimum Gasteiger partial charge on any atom is -0.497 e. The number of ether oxygens (including phenoxy) is 2. The maximum Gasteiger partial charge on any atom is 0.310 e. The minimum atomic E-state index is -0.509. The molecule has 0 bridgehead atoms. The van der Waals surface area contributed by atoms with Crippen LogP contribution in [-0.2, 0) is 20.7 Å². The fourth-order valence-electron chi connectivity index (χ4n) is 2.30. The number of nitrogens with zero attached hydrogens (tertiary/aromatic N) is 1. The van der Waals surface area contributed by atoms with Crippen LogP contribution >= 0.6 is 0 Å². The Hall–Kier alpha value is -3.35. The first-order valence-electron chi connectivity index (χ1n) is 8.29. The van der Waals surface area contributed by atoms with Crippen molar-refractivity contribution in [1.82, 2.24) is 4.90 Å². The van der Waals surface area contributed by atoms with E-state index >= 15 is 0 Å². The van der Waals surface area contributed by atoms with Gasteiger partial charge in [-0.25, -0.2) is 0 Å². The second-order valence-electron chi connectivity index (χ2n) is 6.01. The molecule has 0 aliphatic rings. The average molecular weight is 370 g/mol. The Labute approximate surface area is 157 Å². The summed E-state index contributed by atoms with van der Waals surface area (Å²) in [5.41, 5.74) is 1.77. The molecule has 0 aliphatic carbocycles. The predicted molar refractivity (Wildman–Crippen MR) is 101 cm³/mol. The van der Waals surface area contributed by atoms with Gasteiger partial charge in [-0.1, -0.05) is 12.1 Å². The van der Waals surface area contributed by atoms with Crippen molar-refractivity contribution in [2.45, 2.75) is 6.42 Å². The number of carbonyl (C=O) groups is 3. The van der Waals surface area contributed by atoms with Crippen LogP contribution in [0.5, 0.6) is 5.75 Å². The van der Waals surface area contributed by atoms with E-state index in [-0.39, 0.29) is 18.9 Å². The average Bonchev–Trinajstić information content (AvgIpc) is 2.66. The Balaban J connectivity index is 1.81. The number of methoxy groups -OCH3 is 1. The molecular weight excluding hydrogens is 348 g/mol. The lowest BCUT2D eigenvalue weighted by Gasteiger charge is -2.11. The lowest BCUT2D eigenvalue weighted by Crippen LogP contribution is -2.22. The van der Waals surface area contributed by atoms with Gasteiger partial charge in [0.1, 0.15) is 5.75 Å². The van der Waals surface area contributed by atoms with Crippen molar-refractivity contribution in [3.8, 4) is 5.75 Å². The number of rotatable bonds is 7. The van der Waals surface area contributed by atoms with Gasteiger partial charge in [0.2, 0.25) is 0 Å².